The lowest BCUT2D eigenvalue weighted by Gasteiger charge is -2.21. The van der Waals surface area contributed by atoms with E-state index in [2.05, 4.69) is 27.7 Å². The van der Waals surface area contributed by atoms with E-state index in [9.17, 15) is 4.79 Å². The Kier molecular flexibility index (Phi) is 5.51. The fourth-order valence-corrected chi connectivity index (χ4v) is 1.76. The van der Waals surface area contributed by atoms with Crippen molar-refractivity contribution in [1.29, 1.82) is 0 Å². The molecule has 0 amide bonds. The number of ketones is 1. The van der Waals surface area contributed by atoms with Gasteiger partial charge in [-0.25, -0.2) is 0 Å². The Balaban J connectivity index is 4.46. The Morgan fingerprint density at radius 2 is 1.50 bits per heavy atom. The van der Waals surface area contributed by atoms with Gasteiger partial charge >= 0.3 is 0 Å². The second-order valence-corrected chi connectivity index (χ2v) is 4.70. The number of rotatable bonds is 5. The normalized spacial score (nSPS) is 12.1. The van der Waals surface area contributed by atoms with Crippen LogP contribution >= 0.6 is 0 Å². The van der Waals surface area contributed by atoms with Crippen LogP contribution in [0.15, 0.2) is 12.3 Å². The van der Waals surface area contributed by atoms with Gasteiger partial charge in [-0.15, -0.1) is 0 Å². The van der Waals surface area contributed by atoms with Crippen molar-refractivity contribution < 1.29 is 4.79 Å². The van der Waals surface area contributed by atoms with Crippen LogP contribution in [0.25, 0.3) is 0 Å². The zero-order chi connectivity index (χ0) is 11.3. The third-order valence-electron chi connectivity index (χ3n) is 2.30. The second kappa shape index (κ2) is 5.84. The molecule has 0 heterocycles. The number of carbonyl (C=O) groups excluding carboxylic acids is 1. The average Bonchev–Trinajstić information content (AvgIpc) is 1.99. The van der Waals surface area contributed by atoms with Gasteiger partial charge < -0.3 is 4.90 Å². The van der Waals surface area contributed by atoms with E-state index in [1.807, 2.05) is 25.2 Å². The standard InChI is InChI=1S/C12H23NO/c1-9(2)12(10(3)4)11(14)7-8-13(5)6/h7-10,12H,1-6H3/b8-7+. The Morgan fingerprint density at radius 1 is 1.07 bits per heavy atom. The maximum absolute atomic E-state index is 11.8. The summed E-state index contributed by atoms with van der Waals surface area (Å²) in [5.41, 5.74) is 0. The van der Waals surface area contributed by atoms with E-state index in [-0.39, 0.29) is 11.7 Å². The van der Waals surface area contributed by atoms with E-state index in [1.165, 1.54) is 0 Å². The van der Waals surface area contributed by atoms with Gasteiger partial charge in [-0.05, 0) is 17.9 Å². The number of hydrogen-bond acceptors (Lipinski definition) is 2. The SMILES string of the molecule is CC(C)C(C(=O)/C=C/N(C)C)C(C)C. The molecule has 0 spiro atoms. The van der Waals surface area contributed by atoms with Gasteiger partial charge in [0.05, 0.1) is 0 Å². The number of carbonyl (C=O) groups is 1. The molecule has 0 aliphatic heterocycles. The summed E-state index contributed by atoms with van der Waals surface area (Å²) in [4.78, 5) is 13.7. The van der Waals surface area contributed by atoms with Crippen LogP contribution in [0.3, 0.4) is 0 Å². The van der Waals surface area contributed by atoms with Gasteiger partial charge in [0.25, 0.3) is 0 Å². The minimum absolute atomic E-state index is 0.145. The quantitative estimate of drug-likeness (QED) is 0.631. The van der Waals surface area contributed by atoms with Crippen LogP contribution in [0, 0.1) is 17.8 Å². The lowest BCUT2D eigenvalue weighted by molar-refractivity contribution is -0.120. The molecule has 0 unspecified atom stereocenters. The average molecular weight is 197 g/mol. The first-order chi connectivity index (χ1) is 6.36. The van der Waals surface area contributed by atoms with Gasteiger partial charge in [-0.2, -0.15) is 0 Å². The lowest BCUT2D eigenvalue weighted by Crippen LogP contribution is -2.24. The van der Waals surface area contributed by atoms with Crippen molar-refractivity contribution >= 4 is 5.78 Å². The summed E-state index contributed by atoms with van der Waals surface area (Å²) < 4.78 is 0. The molecular weight excluding hydrogens is 174 g/mol. The van der Waals surface area contributed by atoms with Crippen LogP contribution in [-0.2, 0) is 4.79 Å². The molecule has 82 valence electrons. The van der Waals surface area contributed by atoms with Crippen LogP contribution < -0.4 is 0 Å². The third-order valence-corrected chi connectivity index (χ3v) is 2.30. The molecule has 14 heavy (non-hydrogen) atoms. The zero-order valence-electron chi connectivity index (χ0n) is 10.2. The summed E-state index contributed by atoms with van der Waals surface area (Å²) in [6, 6.07) is 0. The van der Waals surface area contributed by atoms with Crippen molar-refractivity contribution in [2.75, 3.05) is 14.1 Å². The first kappa shape index (κ1) is 13.2. The van der Waals surface area contributed by atoms with Crippen molar-refractivity contribution in [3.63, 3.8) is 0 Å². The molecule has 0 aromatic heterocycles. The smallest absolute Gasteiger partial charge is 0.160 e. The van der Waals surface area contributed by atoms with Crippen LogP contribution in [0.5, 0.6) is 0 Å². The number of nitrogens with zero attached hydrogens (tertiary/aromatic N) is 1. The number of allylic oxidation sites excluding steroid dienone is 1. The molecule has 0 radical (unpaired) electrons. The maximum atomic E-state index is 11.8. The first-order valence-corrected chi connectivity index (χ1v) is 5.24. The van der Waals surface area contributed by atoms with Crippen LogP contribution in [-0.4, -0.2) is 24.8 Å². The van der Waals surface area contributed by atoms with Crippen molar-refractivity contribution in [3.05, 3.63) is 12.3 Å². The summed E-state index contributed by atoms with van der Waals surface area (Å²) in [7, 11) is 3.84. The summed E-state index contributed by atoms with van der Waals surface area (Å²) in [6.07, 6.45) is 3.50. The minimum atomic E-state index is 0.145. The highest BCUT2D eigenvalue weighted by Crippen LogP contribution is 2.21. The van der Waals surface area contributed by atoms with Gasteiger partial charge in [0.1, 0.15) is 0 Å². The maximum Gasteiger partial charge on any atom is 0.160 e. The number of hydrogen-bond donors (Lipinski definition) is 0. The van der Waals surface area contributed by atoms with Crippen LogP contribution in [0.2, 0.25) is 0 Å². The van der Waals surface area contributed by atoms with E-state index in [0.29, 0.717) is 11.8 Å². The molecule has 0 fully saturated rings. The molecule has 0 bridgehead atoms. The topological polar surface area (TPSA) is 20.3 Å². The monoisotopic (exact) mass is 197 g/mol. The largest absolute Gasteiger partial charge is 0.383 e. The lowest BCUT2D eigenvalue weighted by atomic mass is 9.82. The molecule has 2 heteroatoms. The summed E-state index contributed by atoms with van der Waals surface area (Å²) in [5, 5.41) is 0. The van der Waals surface area contributed by atoms with E-state index in [4.69, 9.17) is 0 Å². The van der Waals surface area contributed by atoms with Gasteiger partial charge in [0, 0.05) is 26.2 Å². The molecule has 0 aromatic rings. The van der Waals surface area contributed by atoms with E-state index in [1.54, 1.807) is 6.08 Å². The molecule has 0 saturated carbocycles. The molecule has 0 aliphatic carbocycles. The van der Waals surface area contributed by atoms with Crippen molar-refractivity contribution in [1.82, 2.24) is 4.90 Å². The second-order valence-electron chi connectivity index (χ2n) is 4.70. The molecule has 0 aliphatic rings. The van der Waals surface area contributed by atoms with Crippen molar-refractivity contribution in [2.45, 2.75) is 27.7 Å². The highest BCUT2D eigenvalue weighted by Gasteiger charge is 2.23. The highest BCUT2D eigenvalue weighted by molar-refractivity contribution is 5.91. The minimum Gasteiger partial charge on any atom is -0.383 e. The highest BCUT2D eigenvalue weighted by atomic mass is 16.1. The van der Waals surface area contributed by atoms with E-state index >= 15 is 0 Å². The molecule has 0 rings (SSSR count). The van der Waals surface area contributed by atoms with E-state index < -0.39 is 0 Å². The third kappa shape index (κ3) is 4.45. The summed E-state index contributed by atoms with van der Waals surface area (Å²) in [6.45, 7) is 8.41. The van der Waals surface area contributed by atoms with Crippen molar-refractivity contribution in [3.8, 4) is 0 Å². The van der Waals surface area contributed by atoms with Gasteiger partial charge in [0.15, 0.2) is 5.78 Å². The fraction of sp³-hybridized carbons (Fsp3) is 0.750. The van der Waals surface area contributed by atoms with Crippen LogP contribution in [0.1, 0.15) is 27.7 Å². The van der Waals surface area contributed by atoms with Crippen LogP contribution in [0.4, 0.5) is 0 Å². The molecule has 0 atom stereocenters. The summed E-state index contributed by atoms with van der Waals surface area (Å²) >= 11 is 0. The Labute approximate surface area is 88.0 Å². The van der Waals surface area contributed by atoms with Crippen molar-refractivity contribution in [2.24, 2.45) is 17.8 Å². The van der Waals surface area contributed by atoms with Gasteiger partial charge in [-0.1, -0.05) is 27.7 Å². The van der Waals surface area contributed by atoms with Gasteiger partial charge in [-0.3, -0.25) is 4.79 Å². The molecular formula is C12H23NO. The van der Waals surface area contributed by atoms with Gasteiger partial charge in [0.2, 0.25) is 0 Å². The Morgan fingerprint density at radius 3 is 1.79 bits per heavy atom. The molecule has 0 aromatic carbocycles. The molecule has 0 N–H and O–H groups in total. The molecule has 0 saturated heterocycles. The molecule has 2 nitrogen and oxygen atoms in total. The predicted molar refractivity (Wildman–Crippen MR) is 61.0 cm³/mol. The Bertz CT molecular complexity index is 196. The summed E-state index contributed by atoms with van der Waals surface area (Å²) in [5.74, 6) is 1.21. The van der Waals surface area contributed by atoms with E-state index in [0.717, 1.165) is 0 Å². The fourth-order valence-electron chi connectivity index (χ4n) is 1.76. The predicted octanol–water partition coefficient (Wildman–Crippen LogP) is 2.56. The zero-order valence-corrected chi connectivity index (χ0v) is 10.2. The Hall–Kier alpha value is -0.790. The first-order valence-electron chi connectivity index (χ1n) is 5.24.